The van der Waals surface area contributed by atoms with Crippen molar-refractivity contribution in [3.05, 3.63) is 182 Å². The maximum atomic E-state index is 5.35. The molecular formula is C50H30N4S. The molecule has 4 aromatic heterocycles. The van der Waals surface area contributed by atoms with Crippen LogP contribution in [0.25, 0.3) is 109 Å². The van der Waals surface area contributed by atoms with E-state index in [0.717, 1.165) is 38.9 Å². The molecule has 0 saturated heterocycles. The highest BCUT2D eigenvalue weighted by Crippen LogP contribution is 2.48. The van der Waals surface area contributed by atoms with E-state index in [1.807, 2.05) is 17.4 Å². The first-order valence-corrected chi connectivity index (χ1v) is 19.4. The predicted octanol–water partition coefficient (Wildman–Crippen LogP) is 13.5. The molecule has 0 bridgehead atoms. The van der Waals surface area contributed by atoms with E-state index in [4.69, 9.17) is 9.97 Å². The van der Waals surface area contributed by atoms with Crippen LogP contribution in [0.3, 0.4) is 0 Å². The van der Waals surface area contributed by atoms with Crippen LogP contribution >= 0.6 is 11.3 Å². The standard InChI is InChI=1S/C50H30N4S/c1-3-14-31(15-4-1)33-18-13-19-34(30-33)53-39-24-11-8-21-36(39)45-41(53)26-28-43-47(45)48-44(55-43)29-27-42-46(48)37-22-9-12-25-40(37)54(42)50-51-38-23-10-7-20-35(38)49(52-50)32-16-5-2-6-17-32/h1-30H. The Morgan fingerprint density at radius 3 is 1.60 bits per heavy atom. The summed E-state index contributed by atoms with van der Waals surface area (Å²) in [6.07, 6.45) is 0. The van der Waals surface area contributed by atoms with Crippen molar-refractivity contribution in [2.24, 2.45) is 0 Å². The second kappa shape index (κ2) is 11.7. The minimum atomic E-state index is 0.669. The molecule has 55 heavy (non-hydrogen) atoms. The van der Waals surface area contributed by atoms with Gasteiger partial charge < -0.3 is 4.57 Å². The lowest BCUT2D eigenvalue weighted by atomic mass is 10.0. The Bertz CT molecular complexity index is 3480. The van der Waals surface area contributed by atoms with Crippen LogP contribution < -0.4 is 0 Å². The minimum absolute atomic E-state index is 0.669. The molecule has 8 aromatic carbocycles. The molecule has 0 amide bonds. The summed E-state index contributed by atoms with van der Waals surface area (Å²) in [6, 6.07) is 65.1. The monoisotopic (exact) mass is 718 g/mol. The zero-order valence-corrected chi connectivity index (χ0v) is 30.3. The average molecular weight is 719 g/mol. The molecule has 0 atom stereocenters. The summed E-state index contributed by atoms with van der Waals surface area (Å²) in [5.41, 5.74) is 11.1. The lowest BCUT2D eigenvalue weighted by Crippen LogP contribution is -2.03. The highest BCUT2D eigenvalue weighted by Gasteiger charge is 2.23. The van der Waals surface area contributed by atoms with Crippen molar-refractivity contribution in [3.63, 3.8) is 0 Å². The van der Waals surface area contributed by atoms with Crippen molar-refractivity contribution in [1.82, 2.24) is 19.1 Å². The van der Waals surface area contributed by atoms with Gasteiger partial charge in [0.25, 0.3) is 0 Å². The van der Waals surface area contributed by atoms with E-state index in [9.17, 15) is 0 Å². The number of para-hydroxylation sites is 3. The lowest BCUT2D eigenvalue weighted by molar-refractivity contribution is 1.01. The highest BCUT2D eigenvalue weighted by molar-refractivity contribution is 7.26. The smallest absolute Gasteiger partial charge is 0.235 e. The van der Waals surface area contributed by atoms with Crippen molar-refractivity contribution < 1.29 is 0 Å². The van der Waals surface area contributed by atoms with E-state index in [1.54, 1.807) is 0 Å². The highest BCUT2D eigenvalue weighted by atomic mass is 32.1. The van der Waals surface area contributed by atoms with Crippen LogP contribution in [0.15, 0.2) is 182 Å². The average Bonchev–Trinajstić information content (AvgIpc) is 3.91. The van der Waals surface area contributed by atoms with Gasteiger partial charge in [-0.3, -0.25) is 4.57 Å². The molecule has 0 radical (unpaired) electrons. The zero-order chi connectivity index (χ0) is 36.0. The molecule has 256 valence electrons. The molecule has 0 unspecified atom stereocenters. The van der Waals surface area contributed by atoms with Crippen LogP contribution in [-0.2, 0) is 0 Å². The van der Waals surface area contributed by atoms with Gasteiger partial charge >= 0.3 is 0 Å². The number of thiophene rings is 1. The van der Waals surface area contributed by atoms with Gasteiger partial charge in [0, 0.05) is 58.4 Å². The Labute approximate surface area is 319 Å². The van der Waals surface area contributed by atoms with Gasteiger partial charge in [0.05, 0.1) is 33.3 Å². The second-order valence-corrected chi connectivity index (χ2v) is 15.2. The Balaban J connectivity index is 1.19. The summed E-state index contributed by atoms with van der Waals surface area (Å²) in [5, 5.41) is 8.57. The third kappa shape index (κ3) is 4.45. The van der Waals surface area contributed by atoms with Crippen LogP contribution in [0.1, 0.15) is 0 Å². The van der Waals surface area contributed by atoms with E-state index in [-0.39, 0.29) is 0 Å². The zero-order valence-electron chi connectivity index (χ0n) is 29.5. The third-order valence-electron chi connectivity index (χ3n) is 11.1. The maximum absolute atomic E-state index is 5.35. The van der Waals surface area contributed by atoms with Crippen molar-refractivity contribution in [2.45, 2.75) is 0 Å². The normalized spacial score (nSPS) is 12.0. The first-order chi connectivity index (χ1) is 27.3. The fraction of sp³-hybridized carbons (Fsp3) is 0. The molecule has 0 saturated carbocycles. The number of benzene rings is 8. The topological polar surface area (TPSA) is 35.6 Å². The van der Waals surface area contributed by atoms with E-state index in [0.29, 0.717) is 5.95 Å². The van der Waals surface area contributed by atoms with E-state index < -0.39 is 0 Å². The Kier molecular flexibility index (Phi) is 6.47. The quantitative estimate of drug-likeness (QED) is 0.182. The first kappa shape index (κ1) is 30.4. The molecular weight excluding hydrogens is 689 g/mol. The van der Waals surface area contributed by atoms with Crippen LogP contribution in [0.4, 0.5) is 0 Å². The molecule has 0 aliphatic heterocycles. The number of hydrogen-bond acceptors (Lipinski definition) is 3. The molecule has 4 heterocycles. The van der Waals surface area contributed by atoms with Crippen LogP contribution in [-0.4, -0.2) is 19.1 Å². The summed E-state index contributed by atoms with van der Waals surface area (Å²) >= 11 is 1.87. The summed E-state index contributed by atoms with van der Waals surface area (Å²) < 4.78 is 7.26. The van der Waals surface area contributed by atoms with Crippen LogP contribution in [0, 0.1) is 0 Å². The summed E-state index contributed by atoms with van der Waals surface area (Å²) in [6.45, 7) is 0. The summed E-state index contributed by atoms with van der Waals surface area (Å²) in [4.78, 5) is 10.6. The predicted molar refractivity (Wildman–Crippen MR) is 232 cm³/mol. The van der Waals surface area contributed by atoms with Crippen molar-refractivity contribution >= 4 is 86.0 Å². The van der Waals surface area contributed by atoms with Gasteiger partial charge in [0.2, 0.25) is 5.95 Å². The second-order valence-electron chi connectivity index (χ2n) is 14.1. The Morgan fingerprint density at radius 2 is 0.909 bits per heavy atom. The molecule has 0 fully saturated rings. The van der Waals surface area contributed by atoms with Gasteiger partial charge in [0.1, 0.15) is 0 Å². The SMILES string of the molecule is c1ccc(-c2cccc(-n3c4ccccc4c4c5c(ccc43)sc3ccc4c(c6ccccc6n4-c4nc(-c6ccccc6)c6ccccc6n4)c35)c2)cc1. The third-order valence-corrected chi connectivity index (χ3v) is 12.2. The minimum Gasteiger partial charge on any atom is -0.309 e. The summed E-state index contributed by atoms with van der Waals surface area (Å²) in [7, 11) is 0. The van der Waals surface area contributed by atoms with E-state index in [1.165, 1.54) is 63.9 Å². The lowest BCUT2D eigenvalue weighted by Gasteiger charge is -2.11. The van der Waals surface area contributed by atoms with E-state index >= 15 is 0 Å². The van der Waals surface area contributed by atoms with Gasteiger partial charge in [-0.05, 0) is 65.7 Å². The fourth-order valence-electron chi connectivity index (χ4n) is 8.80. The van der Waals surface area contributed by atoms with Crippen molar-refractivity contribution in [1.29, 1.82) is 0 Å². The molecule has 12 rings (SSSR count). The number of hydrogen-bond donors (Lipinski definition) is 0. The molecule has 5 heteroatoms. The number of rotatable bonds is 4. The van der Waals surface area contributed by atoms with Gasteiger partial charge in [0.15, 0.2) is 0 Å². The van der Waals surface area contributed by atoms with Gasteiger partial charge in [-0.2, -0.15) is 0 Å². The molecule has 0 aliphatic carbocycles. The molecule has 4 nitrogen and oxygen atoms in total. The summed E-state index contributed by atoms with van der Waals surface area (Å²) in [5.74, 6) is 0.669. The van der Waals surface area contributed by atoms with Crippen LogP contribution in [0.5, 0.6) is 0 Å². The number of nitrogens with zero attached hydrogens (tertiary/aromatic N) is 4. The largest absolute Gasteiger partial charge is 0.309 e. The Morgan fingerprint density at radius 1 is 0.364 bits per heavy atom. The van der Waals surface area contributed by atoms with E-state index in [2.05, 4.69) is 185 Å². The molecule has 0 N–H and O–H groups in total. The molecule has 0 spiro atoms. The van der Waals surface area contributed by atoms with Crippen molar-refractivity contribution in [2.75, 3.05) is 0 Å². The van der Waals surface area contributed by atoms with Gasteiger partial charge in [-0.1, -0.05) is 127 Å². The van der Waals surface area contributed by atoms with Gasteiger partial charge in [-0.15, -0.1) is 11.3 Å². The van der Waals surface area contributed by atoms with Crippen molar-refractivity contribution in [3.8, 4) is 34.0 Å². The van der Waals surface area contributed by atoms with Gasteiger partial charge in [-0.25, -0.2) is 9.97 Å². The maximum Gasteiger partial charge on any atom is 0.235 e. The molecule has 0 aliphatic rings. The molecule has 12 aromatic rings. The fourth-order valence-corrected chi connectivity index (χ4v) is 9.92. The number of aromatic nitrogens is 4. The Hall–Kier alpha value is -7.08. The first-order valence-electron chi connectivity index (χ1n) is 18.6. The number of fused-ring (bicyclic) bond motifs is 12. The van der Waals surface area contributed by atoms with Crippen LogP contribution in [0.2, 0.25) is 0 Å².